The molecule has 1 aromatic rings. The fraction of sp³-hybridized carbons (Fsp3) is 0.600. The average molecular weight is 336 g/mol. The first-order chi connectivity index (χ1) is 10.2. The summed E-state index contributed by atoms with van der Waals surface area (Å²) >= 11 is 12.0. The van der Waals surface area contributed by atoms with Gasteiger partial charge in [-0.25, -0.2) is 0 Å². The van der Waals surface area contributed by atoms with E-state index in [1.807, 2.05) is 12.1 Å². The molecule has 0 saturated carbocycles. The highest BCUT2D eigenvalue weighted by Gasteiger charge is 2.00. The third-order valence-corrected chi connectivity index (χ3v) is 3.40. The van der Waals surface area contributed by atoms with Crippen LogP contribution in [0.2, 0.25) is 10.0 Å². The normalized spacial score (nSPS) is 11.0. The van der Waals surface area contributed by atoms with Gasteiger partial charge >= 0.3 is 0 Å². The molecule has 0 heterocycles. The average Bonchev–Trinajstić information content (AvgIpc) is 2.46. The summed E-state index contributed by atoms with van der Waals surface area (Å²) in [4.78, 5) is 0. The van der Waals surface area contributed by atoms with E-state index in [1.54, 1.807) is 13.2 Å². The second kappa shape index (κ2) is 12.2. The lowest BCUT2D eigenvalue weighted by molar-refractivity contribution is 0.0256. The van der Waals surface area contributed by atoms with E-state index in [9.17, 15) is 0 Å². The molecule has 1 rings (SSSR count). The molecule has 0 atom stereocenters. The maximum absolute atomic E-state index is 6.10. The van der Waals surface area contributed by atoms with Gasteiger partial charge in [-0.1, -0.05) is 29.3 Å². The molecule has 0 spiro atoms. The zero-order valence-electron chi connectivity index (χ0n) is 12.4. The fourth-order valence-electron chi connectivity index (χ4n) is 1.68. The van der Waals surface area contributed by atoms with Crippen LogP contribution in [0.3, 0.4) is 0 Å². The van der Waals surface area contributed by atoms with Gasteiger partial charge in [-0.15, -0.1) is 0 Å². The van der Waals surface area contributed by atoms with E-state index < -0.39 is 0 Å². The zero-order chi connectivity index (χ0) is 15.3. The summed E-state index contributed by atoms with van der Waals surface area (Å²) in [6.07, 6.45) is 0.871. The van der Waals surface area contributed by atoms with Crippen LogP contribution in [0.5, 0.6) is 0 Å². The number of ether oxygens (including phenoxy) is 3. The van der Waals surface area contributed by atoms with Crippen molar-refractivity contribution in [3.05, 3.63) is 33.8 Å². The Labute approximate surface area is 136 Å². The molecule has 0 amide bonds. The highest BCUT2D eigenvalue weighted by atomic mass is 35.5. The molecule has 0 aliphatic carbocycles. The van der Waals surface area contributed by atoms with Crippen molar-refractivity contribution in [3.8, 4) is 0 Å². The predicted octanol–water partition coefficient (Wildman–Crippen LogP) is 2.81. The van der Waals surface area contributed by atoms with Crippen LogP contribution in [0.1, 0.15) is 5.56 Å². The Morgan fingerprint density at radius 2 is 1.67 bits per heavy atom. The number of benzene rings is 1. The van der Waals surface area contributed by atoms with E-state index in [-0.39, 0.29) is 0 Å². The van der Waals surface area contributed by atoms with Crippen molar-refractivity contribution in [1.82, 2.24) is 5.32 Å². The zero-order valence-corrected chi connectivity index (χ0v) is 13.9. The highest BCUT2D eigenvalue weighted by molar-refractivity contribution is 6.35. The maximum atomic E-state index is 6.10. The van der Waals surface area contributed by atoms with Gasteiger partial charge in [0.15, 0.2) is 0 Å². The van der Waals surface area contributed by atoms with Gasteiger partial charge in [0.2, 0.25) is 0 Å². The Bertz CT molecular complexity index is 391. The number of hydrogen-bond acceptors (Lipinski definition) is 4. The topological polar surface area (TPSA) is 39.7 Å². The highest BCUT2D eigenvalue weighted by Crippen LogP contribution is 2.20. The Morgan fingerprint density at radius 3 is 2.38 bits per heavy atom. The van der Waals surface area contributed by atoms with E-state index >= 15 is 0 Å². The number of methoxy groups -OCH3 is 1. The monoisotopic (exact) mass is 335 g/mol. The summed E-state index contributed by atoms with van der Waals surface area (Å²) in [6, 6.07) is 5.58. The van der Waals surface area contributed by atoms with Crippen LogP contribution in [0.4, 0.5) is 0 Å². The van der Waals surface area contributed by atoms with E-state index in [2.05, 4.69) is 5.32 Å². The molecule has 0 unspecified atom stereocenters. The van der Waals surface area contributed by atoms with Crippen LogP contribution in [0.25, 0.3) is 0 Å². The summed E-state index contributed by atoms with van der Waals surface area (Å²) in [5.41, 5.74) is 1.10. The summed E-state index contributed by atoms with van der Waals surface area (Å²) < 4.78 is 15.6. The molecule has 0 fully saturated rings. The molecule has 0 saturated heterocycles. The van der Waals surface area contributed by atoms with Crippen molar-refractivity contribution in [2.45, 2.75) is 6.42 Å². The number of halogens is 2. The Kier molecular flexibility index (Phi) is 10.9. The van der Waals surface area contributed by atoms with Gasteiger partial charge in [0.1, 0.15) is 0 Å². The van der Waals surface area contributed by atoms with Crippen molar-refractivity contribution in [2.24, 2.45) is 0 Å². The van der Waals surface area contributed by atoms with Gasteiger partial charge < -0.3 is 19.5 Å². The quantitative estimate of drug-likeness (QED) is 0.596. The number of nitrogens with one attached hydrogen (secondary N) is 1. The molecule has 4 nitrogen and oxygen atoms in total. The van der Waals surface area contributed by atoms with Crippen LogP contribution < -0.4 is 5.32 Å². The Hall–Kier alpha value is -0.360. The van der Waals surface area contributed by atoms with E-state index in [1.165, 1.54) is 0 Å². The minimum absolute atomic E-state index is 0.601. The third-order valence-electron chi connectivity index (χ3n) is 2.81. The molecule has 0 radical (unpaired) electrons. The van der Waals surface area contributed by atoms with Crippen LogP contribution in [0, 0.1) is 0 Å². The second-order valence-corrected chi connectivity index (χ2v) is 5.30. The van der Waals surface area contributed by atoms with Crippen LogP contribution in [0.15, 0.2) is 18.2 Å². The van der Waals surface area contributed by atoms with E-state index in [0.29, 0.717) is 43.1 Å². The first-order valence-corrected chi connectivity index (χ1v) is 7.78. The lowest BCUT2D eigenvalue weighted by Crippen LogP contribution is -2.23. The molecule has 0 aromatic heterocycles. The molecular weight excluding hydrogens is 313 g/mol. The molecule has 120 valence electrons. The molecule has 0 bridgehead atoms. The Balaban J connectivity index is 1.93. The van der Waals surface area contributed by atoms with Gasteiger partial charge in [-0.2, -0.15) is 0 Å². The van der Waals surface area contributed by atoms with E-state index in [4.69, 9.17) is 37.4 Å². The van der Waals surface area contributed by atoms with Gasteiger partial charge in [0.25, 0.3) is 0 Å². The van der Waals surface area contributed by atoms with Crippen molar-refractivity contribution in [3.63, 3.8) is 0 Å². The van der Waals surface area contributed by atoms with Gasteiger partial charge in [-0.05, 0) is 30.7 Å². The largest absolute Gasteiger partial charge is 0.382 e. The van der Waals surface area contributed by atoms with Gasteiger partial charge in [0.05, 0.1) is 33.0 Å². The van der Waals surface area contributed by atoms with Crippen LogP contribution in [-0.4, -0.2) is 53.2 Å². The molecule has 6 heteroatoms. The second-order valence-electron chi connectivity index (χ2n) is 4.45. The van der Waals surface area contributed by atoms with Crippen molar-refractivity contribution < 1.29 is 14.2 Å². The molecular formula is C15H23Cl2NO3. The number of rotatable bonds is 12. The summed E-state index contributed by atoms with van der Waals surface area (Å²) in [6.45, 7) is 4.77. The lowest BCUT2D eigenvalue weighted by Gasteiger charge is -2.08. The Morgan fingerprint density at radius 1 is 0.952 bits per heavy atom. The van der Waals surface area contributed by atoms with Gasteiger partial charge in [0, 0.05) is 23.7 Å². The summed E-state index contributed by atoms with van der Waals surface area (Å²) in [5, 5.41) is 4.69. The maximum Gasteiger partial charge on any atom is 0.0701 e. The molecule has 21 heavy (non-hydrogen) atoms. The van der Waals surface area contributed by atoms with Crippen molar-refractivity contribution in [1.29, 1.82) is 0 Å². The summed E-state index contributed by atoms with van der Waals surface area (Å²) in [5.74, 6) is 0. The molecule has 1 aromatic carbocycles. The first-order valence-electron chi connectivity index (χ1n) is 7.03. The molecule has 0 aliphatic rings. The summed E-state index contributed by atoms with van der Waals surface area (Å²) in [7, 11) is 1.66. The first kappa shape index (κ1) is 18.7. The SMILES string of the molecule is COCCOCCOCCNCCc1ccc(Cl)cc1Cl. The lowest BCUT2D eigenvalue weighted by atomic mass is 10.1. The number of hydrogen-bond donors (Lipinski definition) is 1. The third kappa shape index (κ3) is 9.30. The smallest absolute Gasteiger partial charge is 0.0701 e. The fourth-order valence-corrected chi connectivity index (χ4v) is 2.18. The van der Waals surface area contributed by atoms with Crippen molar-refractivity contribution >= 4 is 23.2 Å². The van der Waals surface area contributed by atoms with Crippen LogP contribution >= 0.6 is 23.2 Å². The molecule has 1 N–H and O–H groups in total. The van der Waals surface area contributed by atoms with Gasteiger partial charge in [-0.3, -0.25) is 0 Å². The predicted molar refractivity (Wildman–Crippen MR) is 86.5 cm³/mol. The minimum Gasteiger partial charge on any atom is -0.382 e. The standard InChI is InChI=1S/C15H23Cl2NO3/c1-19-8-9-21-11-10-20-7-6-18-5-4-13-2-3-14(16)12-15(13)17/h2-3,12,18H,4-11H2,1H3. The van der Waals surface area contributed by atoms with E-state index in [0.717, 1.165) is 25.1 Å². The minimum atomic E-state index is 0.601. The van der Waals surface area contributed by atoms with Crippen LogP contribution in [-0.2, 0) is 20.6 Å². The molecule has 0 aliphatic heterocycles. The van der Waals surface area contributed by atoms with Crippen molar-refractivity contribution in [2.75, 3.05) is 53.2 Å².